The molecule has 2 fully saturated rings. The molecule has 2 atom stereocenters. The molecule has 2 aromatic carbocycles. The van der Waals surface area contributed by atoms with Gasteiger partial charge in [0.1, 0.15) is 0 Å². The summed E-state index contributed by atoms with van der Waals surface area (Å²) in [5, 5.41) is 11.3. The average Bonchev–Trinajstić information content (AvgIpc) is 3.11. The first-order chi connectivity index (χ1) is 14.3. The summed E-state index contributed by atoms with van der Waals surface area (Å²) in [7, 11) is 0. The first kappa shape index (κ1) is 21.4. The number of hydrogen-bond acceptors (Lipinski definition) is 4. The lowest BCUT2D eigenvalue weighted by atomic mass is 10.1. The number of aliphatic hydroxyl groups is 1. The van der Waals surface area contributed by atoms with Gasteiger partial charge < -0.3 is 10.0 Å². The van der Waals surface area contributed by atoms with Gasteiger partial charge >= 0.3 is 6.18 Å². The molecule has 0 aliphatic carbocycles. The van der Waals surface area contributed by atoms with Crippen LogP contribution in [0.2, 0.25) is 5.02 Å². The molecule has 30 heavy (non-hydrogen) atoms. The maximum atomic E-state index is 12.8. The zero-order valence-corrected chi connectivity index (χ0v) is 17.3. The van der Waals surface area contributed by atoms with E-state index in [9.17, 15) is 18.3 Å². The van der Waals surface area contributed by atoms with Crippen LogP contribution < -0.4 is 4.90 Å². The standard InChI is InChI=1S/C22H25ClF3N3O/c23-18-5-1-16(2-6-18)13-27-9-11-28(12-10-27)20-14-29(15-21(20)30)19-7-3-17(4-8-19)22(24,25)26/h1-8,20-21,30H,9-15H2/t20-,21-/m1/s1. The Morgan fingerprint density at radius 2 is 1.53 bits per heavy atom. The minimum Gasteiger partial charge on any atom is -0.390 e. The Morgan fingerprint density at radius 3 is 2.13 bits per heavy atom. The SMILES string of the molecule is O[C@@H]1CN(c2ccc(C(F)(F)F)cc2)C[C@H]1N1CCN(Cc2ccc(Cl)cc2)CC1. The number of benzene rings is 2. The lowest BCUT2D eigenvalue weighted by Gasteiger charge is -2.38. The Kier molecular flexibility index (Phi) is 6.25. The number of rotatable bonds is 4. The van der Waals surface area contributed by atoms with Crippen LogP contribution in [0, 0.1) is 0 Å². The summed E-state index contributed by atoms with van der Waals surface area (Å²) < 4.78 is 38.3. The second-order valence-corrected chi connectivity index (χ2v) is 8.46. The molecule has 0 amide bonds. The molecule has 0 saturated carbocycles. The monoisotopic (exact) mass is 439 g/mol. The molecule has 8 heteroatoms. The van der Waals surface area contributed by atoms with E-state index in [1.165, 1.54) is 17.7 Å². The van der Waals surface area contributed by atoms with Gasteiger partial charge in [0.15, 0.2) is 0 Å². The van der Waals surface area contributed by atoms with Crippen LogP contribution in [0.25, 0.3) is 0 Å². The molecule has 0 radical (unpaired) electrons. The normalized spacial score (nSPS) is 23.8. The van der Waals surface area contributed by atoms with Crippen molar-refractivity contribution in [2.45, 2.75) is 24.9 Å². The number of hydrogen-bond donors (Lipinski definition) is 1. The maximum Gasteiger partial charge on any atom is 0.416 e. The van der Waals surface area contributed by atoms with Gasteiger partial charge in [0.25, 0.3) is 0 Å². The molecule has 162 valence electrons. The summed E-state index contributed by atoms with van der Waals surface area (Å²) in [6, 6.07) is 13.0. The van der Waals surface area contributed by atoms with Crippen molar-refractivity contribution in [1.82, 2.24) is 9.80 Å². The molecule has 0 aromatic heterocycles. The Balaban J connectivity index is 1.31. The molecule has 2 aliphatic rings. The van der Waals surface area contributed by atoms with Crippen LogP contribution in [-0.2, 0) is 12.7 Å². The number of alkyl halides is 3. The van der Waals surface area contributed by atoms with Crippen molar-refractivity contribution >= 4 is 17.3 Å². The first-order valence-electron chi connectivity index (χ1n) is 10.1. The number of β-amino-alcohol motifs (C(OH)–C–C–N with tert-alkyl or cyclic N) is 1. The van der Waals surface area contributed by atoms with Gasteiger partial charge in [0.05, 0.1) is 17.7 Å². The molecule has 1 N–H and O–H groups in total. The smallest absolute Gasteiger partial charge is 0.390 e. The number of halogens is 4. The number of anilines is 1. The van der Waals surface area contributed by atoms with E-state index in [-0.39, 0.29) is 6.04 Å². The number of nitrogens with zero attached hydrogens (tertiary/aromatic N) is 3. The Morgan fingerprint density at radius 1 is 0.900 bits per heavy atom. The molecule has 0 spiro atoms. The van der Waals surface area contributed by atoms with Gasteiger partial charge in [-0.05, 0) is 42.0 Å². The van der Waals surface area contributed by atoms with Crippen molar-refractivity contribution in [3.63, 3.8) is 0 Å². The third-order valence-corrected chi connectivity index (χ3v) is 6.27. The Labute approximate surface area is 179 Å². The summed E-state index contributed by atoms with van der Waals surface area (Å²) in [6.45, 7) is 5.45. The van der Waals surface area contributed by atoms with Crippen LogP contribution in [0.1, 0.15) is 11.1 Å². The van der Waals surface area contributed by atoms with Crippen molar-refractivity contribution in [1.29, 1.82) is 0 Å². The van der Waals surface area contributed by atoms with Gasteiger partial charge in [-0.3, -0.25) is 9.80 Å². The summed E-state index contributed by atoms with van der Waals surface area (Å²) in [6.07, 6.45) is -4.85. The van der Waals surface area contributed by atoms with Crippen LogP contribution in [0.15, 0.2) is 48.5 Å². The molecule has 2 saturated heterocycles. The van der Waals surface area contributed by atoms with E-state index in [2.05, 4.69) is 9.80 Å². The van der Waals surface area contributed by atoms with Gasteiger partial charge in [0, 0.05) is 56.5 Å². The molecular formula is C22H25ClF3N3O. The van der Waals surface area contributed by atoms with Gasteiger partial charge in [-0.25, -0.2) is 0 Å². The minimum atomic E-state index is -4.34. The first-order valence-corrected chi connectivity index (χ1v) is 10.5. The van der Waals surface area contributed by atoms with E-state index in [4.69, 9.17) is 11.6 Å². The second kappa shape index (κ2) is 8.75. The van der Waals surface area contributed by atoms with E-state index in [0.29, 0.717) is 18.8 Å². The summed E-state index contributed by atoms with van der Waals surface area (Å²) >= 11 is 5.95. The lowest BCUT2D eigenvalue weighted by Crippen LogP contribution is -2.53. The van der Waals surface area contributed by atoms with E-state index in [1.807, 2.05) is 29.2 Å². The molecular weight excluding hydrogens is 415 g/mol. The van der Waals surface area contributed by atoms with Crippen molar-refractivity contribution < 1.29 is 18.3 Å². The third-order valence-electron chi connectivity index (χ3n) is 6.01. The highest BCUT2D eigenvalue weighted by molar-refractivity contribution is 6.30. The molecule has 4 nitrogen and oxygen atoms in total. The molecule has 0 unspecified atom stereocenters. The van der Waals surface area contributed by atoms with Crippen molar-refractivity contribution in [2.75, 3.05) is 44.2 Å². The third kappa shape index (κ3) is 4.91. The van der Waals surface area contributed by atoms with Gasteiger partial charge in [-0.1, -0.05) is 23.7 Å². The Hall–Kier alpha value is -1.80. The molecule has 2 aliphatic heterocycles. The van der Waals surface area contributed by atoms with Crippen LogP contribution in [0.3, 0.4) is 0 Å². The van der Waals surface area contributed by atoms with E-state index >= 15 is 0 Å². The zero-order chi connectivity index (χ0) is 21.3. The fraction of sp³-hybridized carbons (Fsp3) is 0.455. The van der Waals surface area contributed by atoms with Gasteiger partial charge in [-0.2, -0.15) is 13.2 Å². The highest BCUT2D eigenvalue weighted by Gasteiger charge is 2.37. The summed E-state index contributed by atoms with van der Waals surface area (Å²) in [5.74, 6) is 0. The Bertz CT molecular complexity index is 836. The van der Waals surface area contributed by atoms with E-state index < -0.39 is 17.8 Å². The predicted molar refractivity (Wildman–Crippen MR) is 112 cm³/mol. The van der Waals surface area contributed by atoms with Crippen molar-refractivity contribution in [2.24, 2.45) is 0 Å². The quantitative estimate of drug-likeness (QED) is 0.786. The van der Waals surface area contributed by atoms with Crippen LogP contribution in [0.4, 0.5) is 18.9 Å². The van der Waals surface area contributed by atoms with Crippen molar-refractivity contribution in [3.05, 3.63) is 64.7 Å². The number of aliphatic hydroxyl groups excluding tert-OH is 1. The zero-order valence-electron chi connectivity index (χ0n) is 16.5. The summed E-state index contributed by atoms with van der Waals surface area (Å²) in [4.78, 5) is 6.65. The number of piperazine rings is 1. The van der Waals surface area contributed by atoms with Gasteiger partial charge in [-0.15, -0.1) is 0 Å². The van der Waals surface area contributed by atoms with E-state index in [1.54, 1.807) is 0 Å². The van der Waals surface area contributed by atoms with Crippen LogP contribution in [-0.4, -0.2) is 66.3 Å². The van der Waals surface area contributed by atoms with Crippen molar-refractivity contribution in [3.8, 4) is 0 Å². The largest absolute Gasteiger partial charge is 0.416 e. The van der Waals surface area contributed by atoms with E-state index in [0.717, 1.165) is 49.9 Å². The molecule has 4 rings (SSSR count). The minimum absolute atomic E-state index is 0.00928. The molecule has 2 heterocycles. The predicted octanol–water partition coefficient (Wildman–Crippen LogP) is 3.73. The highest BCUT2D eigenvalue weighted by Crippen LogP contribution is 2.32. The van der Waals surface area contributed by atoms with Crippen LogP contribution >= 0.6 is 11.6 Å². The fourth-order valence-corrected chi connectivity index (χ4v) is 4.43. The maximum absolute atomic E-state index is 12.8. The average molecular weight is 440 g/mol. The topological polar surface area (TPSA) is 30.0 Å². The highest BCUT2D eigenvalue weighted by atomic mass is 35.5. The lowest BCUT2D eigenvalue weighted by molar-refractivity contribution is -0.137. The molecule has 2 aromatic rings. The molecule has 0 bridgehead atoms. The fourth-order valence-electron chi connectivity index (χ4n) is 4.30. The summed E-state index contributed by atoms with van der Waals surface area (Å²) in [5.41, 5.74) is 1.28. The van der Waals surface area contributed by atoms with Gasteiger partial charge in [0.2, 0.25) is 0 Å². The second-order valence-electron chi connectivity index (χ2n) is 8.02. The van der Waals surface area contributed by atoms with Crippen LogP contribution in [0.5, 0.6) is 0 Å².